The van der Waals surface area contributed by atoms with Gasteiger partial charge in [-0.05, 0) is 43.5 Å². The molecule has 0 bridgehead atoms. The highest BCUT2D eigenvalue weighted by atomic mass is 16.5. The van der Waals surface area contributed by atoms with Crippen molar-refractivity contribution in [2.45, 2.75) is 45.6 Å². The number of ether oxygens (including phenoxy) is 2. The van der Waals surface area contributed by atoms with Gasteiger partial charge in [-0.15, -0.1) is 0 Å². The largest absolute Gasteiger partial charge is 0.497 e. The molecule has 0 saturated heterocycles. The van der Waals surface area contributed by atoms with Gasteiger partial charge in [0.1, 0.15) is 17.1 Å². The molecule has 2 nitrogen and oxygen atoms in total. The van der Waals surface area contributed by atoms with Crippen molar-refractivity contribution < 1.29 is 9.47 Å². The van der Waals surface area contributed by atoms with E-state index < -0.39 is 0 Å². The summed E-state index contributed by atoms with van der Waals surface area (Å²) in [5.74, 6) is 1.86. The summed E-state index contributed by atoms with van der Waals surface area (Å²) in [6.45, 7) is 6.46. The summed E-state index contributed by atoms with van der Waals surface area (Å²) in [7, 11) is 1.73. The Bertz CT molecular complexity index is 820. The minimum absolute atomic E-state index is 0.231. The summed E-state index contributed by atoms with van der Waals surface area (Å²) in [5.41, 5.74) is 4.63. The highest BCUT2D eigenvalue weighted by Crippen LogP contribution is 2.36. The van der Waals surface area contributed by atoms with Crippen molar-refractivity contribution in [2.24, 2.45) is 0 Å². The van der Waals surface area contributed by atoms with Crippen molar-refractivity contribution in [3.05, 3.63) is 95.1 Å². The van der Waals surface area contributed by atoms with Crippen molar-refractivity contribution >= 4 is 0 Å². The van der Waals surface area contributed by atoms with E-state index in [-0.39, 0.29) is 5.60 Å². The van der Waals surface area contributed by atoms with Crippen LogP contribution in [0.4, 0.5) is 0 Å². The molecule has 3 rings (SSSR count). The van der Waals surface area contributed by atoms with Gasteiger partial charge >= 0.3 is 0 Å². The van der Waals surface area contributed by atoms with Crippen LogP contribution in [-0.4, -0.2) is 12.7 Å². The van der Waals surface area contributed by atoms with Crippen LogP contribution >= 0.6 is 0 Å². The molecule has 0 aliphatic heterocycles. The van der Waals surface area contributed by atoms with Crippen LogP contribution < -0.4 is 9.47 Å². The van der Waals surface area contributed by atoms with E-state index >= 15 is 0 Å². The van der Waals surface area contributed by atoms with Crippen molar-refractivity contribution in [2.75, 3.05) is 7.11 Å². The molecule has 0 aliphatic carbocycles. The van der Waals surface area contributed by atoms with Crippen LogP contribution in [0.3, 0.4) is 0 Å². The van der Waals surface area contributed by atoms with Crippen LogP contribution in [0, 0.1) is 0 Å². The lowest BCUT2D eigenvalue weighted by Gasteiger charge is -2.29. The van der Waals surface area contributed by atoms with Crippen molar-refractivity contribution in [1.82, 2.24) is 0 Å². The summed E-state index contributed by atoms with van der Waals surface area (Å²) in [5, 5.41) is 0. The van der Waals surface area contributed by atoms with E-state index in [0.717, 1.165) is 41.9 Å². The highest BCUT2D eigenvalue weighted by molar-refractivity contribution is 5.51. The minimum Gasteiger partial charge on any atom is -0.497 e. The van der Waals surface area contributed by atoms with Gasteiger partial charge in [0.15, 0.2) is 0 Å². The average Bonchev–Trinajstić information content (AvgIpc) is 2.71. The Morgan fingerprint density at radius 1 is 0.750 bits per heavy atom. The molecule has 0 radical (unpaired) electrons. The molecule has 0 fully saturated rings. The van der Waals surface area contributed by atoms with Gasteiger partial charge in [-0.1, -0.05) is 67.6 Å². The zero-order chi connectivity index (χ0) is 20.0. The van der Waals surface area contributed by atoms with Gasteiger partial charge in [-0.25, -0.2) is 0 Å². The number of hydrogen-bond acceptors (Lipinski definition) is 2. The van der Waals surface area contributed by atoms with E-state index in [9.17, 15) is 0 Å². The van der Waals surface area contributed by atoms with Gasteiger partial charge in [-0.3, -0.25) is 0 Å². The molecular weight excluding hydrogens is 344 g/mol. The van der Waals surface area contributed by atoms with Crippen LogP contribution in [0.2, 0.25) is 0 Å². The third kappa shape index (κ3) is 5.16. The molecule has 28 heavy (non-hydrogen) atoms. The maximum atomic E-state index is 6.60. The minimum atomic E-state index is -0.231. The fourth-order valence-electron chi connectivity index (χ4n) is 3.21. The Labute approximate surface area is 169 Å². The second-order valence-corrected chi connectivity index (χ2v) is 7.81. The number of methoxy groups -OCH3 is 1. The molecule has 0 aliphatic rings. The molecule has 146 valence electrons. The molecule has 2 heteroatoms. The third-order valence-corrected chi connectivity index (χ3v) is 5.16. The average molecular weight is 375 g/mol. The van der Waals surface area contributed by atoms with E-state index in [2.05, 4.69) is 81.4 Å². The van der Waals surface area contributed by atoms with Crippen molar-refractivity contribution in [3.8, 4) is 11.5 Å². The summed E-state index contributed by atoms with van der Waals surface area (Å²) in [6, 6.07) is 25.3. The van der Waals surface area contributed by atoms with E-state index in [1.165, 1.54) is 11.1 Å². The Morgan fingerprint density at radius 2 is 1.21 bits per heavy atom. The van der Waals surface area contributed by atoms with E-state index in [0.29, 0.717) is 0 Å². The molecule has 0 spiro atoms. The van der Waals surface area contributed by atoms with Gasteiger partial charge in [0, 0.05) is 24.0 Å². The molecule has 0 saturated carbocycles. The van der Waals surface area contributed by atoms with Crippen LogP contribution in [0.5, 0.6) is 11.5 Å². The second kappa shape index (κ2) is 8.97. The normalized spacial score (nSPS) is 11.3. The second-order valence-electron chi connectivity index (χ2n) is 7.81. The lowest BCUT2D eigenvalue weighted by molar-refractivity contribution is 0.103. The summed E-state index contributed by atoms with van der Waals surface area (Å²) in [6.07, 6.45) is 2.57. The van der Waals surface area contributed by atoms with E-state index in [1.54, 1.807) is 7.11 Å². The Morgan fingerprint density at radius 3 is 1.61 bits per heavy atom. The van der Waals surface area contributed by atoms with E-state index in [4.69, 9.17) is 9.47 Å². The number of hydrogen-bond donors (Lipinski definition) is 0. The van der Waals surface area contributed by atoms with Crippen LogP contribution in [0.25, 0.3) is 0 Å². The zero-order valence-corrected chi connectivity index (χ0v) is 17.4. The molecule has 3 aromatic rings. The summed E-state index contributed by atoms with van der Waals surface area (Å²) < 4.78 is 12.2. The molecule has 0 unspecified atom stereocenters. The number of rotatable bonds is 8. The van der Waals surface area contributed by atoms with Gasteiger partial charge < -0.3 is 9.47 Å². The monoisotopic (exact) mass is 374 g/mol. The molecule has 0 aromatic heterocycles. The van der Waals surface area contributed by atoms with Gasteiger partial charge in [0.05, 0.1) is 7.11 Å². The fraction of sp³-hybridized carbons (Fsp3) is 0.308. The molecule has 0 amide bonds. The molecular formula is C26H30O2. The van der Waals surface area contributed by atoms with E-state index in [1.807, 2.05) is 12.1 Å². The first-order valence-electron chi connectivity index (χ1n) is 9.97. The lowest BCUT2D eigenvalue weighted by Crippen LogP contribution is -2.28. The van der Waals surface area contributed by atoms with Crippen molar-refractivity contribution in [1.29, 1.82) is 0 Å². The van der Waals surface area contributed by atoms with Gasteiger partial charge in [0.2, 0.25) is 0 Å². The molecule has 0 heterocycles. The smallest absolute Gasteiger partial charge is 0.127 e. The van der Waals surface area contributed by atoms with Gasteiger partial charge in [0.25, 0.3) is 0 Å². The highest BCUT2D eigenvalue weighted by Gasteiger charge is 2.22. The van der Waals surface area contributed by atoms with Crippen LogP contribution in [0.15, 0.2) is 72.8 Å². The third-order valence-electron chi connectivity index (χ3n) is 5.16. The summed E-state index contributed by atoms with van der Waals surface area (Å²) in [4.78, 5) is 0. The lowest BCUT2D eigenvalue weighted by atomic mass is 9.96. The first-order valence-corrected chi connectivity index (χ1v) is 9.97. The Kier molecular flexibility index (Phi) is 6.41. The SMILES string of the molecule is CCC(C)(C)Oc1c(Cc2ccccc2)cc(OC)cc1Cc1ccccc1. The Hall–Kier alpha value is -2.74. The molecule has 0 atom stereocenters. The maximum absolute atomic E-state index is 6.60. The molecule has 0 N–H and O–H groups in total. The first-order chi connectivity index (χ1) is 13.5. The quantitative estimate of drug-likeness (QED) is 0.451. The van der Waals surface area contributed by atoms with Crippen molar-refractivity contribution in [3.63, 3.8) is 0 Å². The Balaban J connectivity index is 2.08. The maximum Gasteiger partial charge on any atom is 0.127 e. The standard InChI is InChI=1S/C26H30O2/c1-5-26(2,3)28-25-22(16-20-12-8-6-9-13-20)18-24(27-4)19-23(25)17-21-14-10-7-11-15-21/h6-15,18-19H,5,16-17H2,1-4H3. The fourth-order valence-corrected chi connectivity index (χ4v) is 3.21. The van der Waals surface area contributed by atoms with Crippen LogP contribution in [0.1, 0.15) is 49.4 Å². The predicted octanol–water partition coefficient (Wildman–Crippen LogP) is 6.44. The predicted molar refractivity (Wildman–Crippen MR) is 116 cm³/mol. The zero-order valence-electron chi connectivity index (χ0n) is 17.4. The van der Waals surface area contributed by atoms with Gasteiger partial charge in [-0.2, -0.15) is 0 Å². The first kappa shape index (κ1) is 20.0. The molecule has 3 aromatic carbocycles. The number of benzene rings is 3. The van der Waals surface area contributed by atoms with Crippen LogP contribution in [-0.2, 0) is 12.8 Å². The summed E-state index contributed by atoms with van der Waals surface area (Å²) >= 11 is 0. The topological polar surface area (TPSA) is 18.5 Å².